The number of nitrogens with one attached hydrogen (secondary N) is 1. The van der Waals surface area contributed by atoms with Crippen molar-refractivity contribution < 1.29 is 0 Å². The van der Waals surface area contributed by atoms with Crippen LogP contribution in [0.1, 0.15) is 73.1 Å². The SMILES string of the molecule is CCCCCN(CC1CCCC(C)(C)C1NC)C(C)C. The van der Waals surface area contributed by atoms with Crippen LogP contribution in [0.2, 0.25) is 0 Å². The maximum absolute atomic E-state index is 3.63. The van der Waals surface area contributed by atoms with E-state index in [1.54, 1.807) is 0 Å². The summed E-state index contributed by atoms with van der Waals surface area (Å²) in [6, 6.07) is 1.35. The van der Waals surface area contributed by atoms with Crippen molar-refractivity contribution in [2.75, 3.05) is 20.1 Å². The number of rotatable bonds is 8. The Labute approximate surface area is 127 Å². The van der Waals surface area contributed by atoms with Gasteiger partial charge in [-0.3, -0.25) is 0 Å². The molecule has 1 saturated carbocycles. The molecule has 0 heterocycles. The standard InChI is InChI=1S/C18H38N2/c1-7-8-9-13-20(15(2)3)14-16-11-10-12-18(4,5)17(16)19-6/h15-17,19H,7-14H2,1-6H3. The quantitative estimate of drug-likeness (QED) is 0.668. The van der Waals surface area contributed by atoms with E-state index in [0.717, 1.165) is 5.92 Å². The fourth-order valence-electron chi connectivity index (χ4n) is 4.03. The minimum atomic E-state index is 0.448. The zero-order valence-corrected chi connectivity index (χ0v) is 14.8. The monoisotopic (exact) mass is 282 g/mol. The van der Waals surface area contributed by atoms with Crippen molar-refractivity contribution in [3.05, 3.63) is 0 Å². The van der Waals surface area contributed by atoms with E-state index in [4.69, 9.17) is 0 Å². The summed E-state index contributed by atoms with van der Waals surface area (Å²) in [5.41, 5.74) is 0.448. The molecule has 2 heteroatoms. The van der Waals surface area contributed by atoms with Crippen molar-refractivity contribution in [2.24, 2.45) is 11.3 Å². The molecule has 0 aromatic heterocycles. The lowest BCUT2D eigenvalue weighted by Crippen LogP contribution is -2.52. The molecule has 0 aromatic carbocycles. The van der Waals surface area contributed by atoms with E-state index >= 15 is 0 Å². The van der Waals surface area contributed by atoms with Gasteiger partial charge in [0.25, 0.3) is 0 Å². The average molecular weight is 283 g/mol. The third-order valence-corrected chi connectivity index (χ3v) is 5.27. The predicted octanol–water partition coefficient (Wildman–Crippen LogP) is 4.30. The van der Waals surface area contributed by atoms with Gasteiger partial charge < -0.3 is 10.2 Å². The van der Waals surface area contributed by atoms with Crippen molar-refractivity contribution in [3.8, 4) is 0 Å². The lowest BCUT2D eigenvalue weighted by Gasteiger charge is -2.46. The molecule has 2 atom stereocenters. The van der Waals surface area contributed by atoms with Crippen LogP contribution in [0.25, 0.3) is 0 Å². The zero-order chi connectivity index (χ0) is 15.2. The molecule has 0 amide bonds. The summed E-state index contributed by atoms with van der Waals surface area (Å²) in [5, 5.41) is 3.63. The van der Waals surface area contributed by atoms with Crippen LogP contribution in [-0.2, 0) is 0 Å². The maximum atomic E-state index is 3.63. The van der Waals surface area contributed by atoms with Crippen LogP contribution in [0.15, 0.2) is 0 Å². The van der Waals surface area contributed by atoms with Gasteiger partial charge in [-0.1, -0.05) is 40.0 Å². The summed E-state index contributed by atoms with van der Waals surface area (Å²) in [6.07, 6.45) is 8.21. The second-order valence-corrected chi connectivity index (χ2v) is 7.70. The fraction of sp³-hybridized carbons (Fsp3) is 1.00. The van der Waals surface area contributed by atoms with Crippen molar-refractivity contribution in [1.29, 1.82) is 0 Å². The minimum Gasteiger partial charge on any atom is -0.316 e. The van der Waals surface area contributed by atoms with Crippen molar-refractivity contribution in [3.63, 3.8) is 0 Å². The number of unbranched alkanes of at least 4 members (excludes halogenated alkanes) is 2. The average Bonchev–Trinajstić information content (AvgIpc) is 2.36. The molecule has 0 aliphatic heterocycles. The third-order valence-electron chi connectivity index (χ3n) is 5.27. The molecule has 1 aliphatic carbocycles. The molecule has 0 aromatic rings. The van der Waals surface area contributed by atoms with Gasteiger partial charge in [0, 0.05) is 18.6 Å². The van der Waals surface area contributed by atoms with E-state index in [0.29, 0.717) is 17.5 Å². The highest BCUT2D eigenvalue weighted by Crippen LogP contribution is 2.39. The van der Waals surface area contributed by atoms with Gasteiger partial charge in [-0.25, -0.2) is 0 Å². The molecule has 1 N–H and O–H groups in total. The van der Waals surface area contributed by atoms with E-state index in [1.807, 2.05) is 0 Å². The van der Waals surface area contributed by atoms with E-state index in [-0.39, 0.29) is 0 Å². The van der Waals surface area contributed by atoms with E-state index in [1.165, 1.54) is 51.6 Å². The summed E-state index contributed by atoms with van der Waals surface area (Å²) in [4.78, 5) is 2.71. The summed E-state index contributed by atoms with van der Waals surface area (Å²) in [6.45, 7) is 14.4. The summed E-state index contributed by atoms with van der Waals surface area (Å²) >= 11 is 0. The molecule has 2 unspecified atom stereocenters. The minimum absolute atomic E-state index is 0.448. The van der Waals surface area contributed by atoms with Gasteiger partial charge in [0.05, 0.1) is 0 Å². The Bertz CT molecular complexity index is 260. The summed E-state index contributed by atoms with van der Waals surface area (Å²) < 4.78 is 0. The van der Waals surface area contributed by atoms with Gasteiger partial charge in [0.2, 0.25) is 0 Å². The Kier molecular flexibility index (Phi) is 7.53. The first-order valence-electron chi connectivity index (χ1n) is 8.83. The molecule has 0 radical (unpaired) electrons. The molecule has 120 valence electrons. The predicted molar refractivity (Wildman–Crippen MR) is 90.2 cm³/mol. The van der Waals surface area contributed by atoms with Crippen molar-refractivity contribution >= 4 is 0 Å². The molecule has 0 bridgehead atoms. The molecule has 1 rings (SSSR count). The van der Waals surface area contributed by atoms with Gasteiger partial charge in [-0.2, -0.15) is 0 Å². The molecule has 2 nitrogen and oxygen atoms in total. The van der Waals surface area contributed by atoms with Crippen LogP contribution < -0.4 is 5.32 Å². The van der Waals surface area contributed by atoms with E-state index in [2.05, 4.69) is 51.9 Å². The largest absolute Gasteiger partial charge is 0.316 e. The Morgan fingerprint density at radius 3 is 2.50 bits per heavy atom. The third kappa shape index (κ3) is 5.04. The Balaban J connectivity index is 2.61. The van der Waals surface area contributed by atoms with Crippen LogP contribution >= 0.6 is 0 Å². The maximum Gasteiger partial charge on any atom is 0.0156 e. The second-order valence-electron chi connectivity index (χ2n) is 7.70. The van der Waals surface area contributed by atoms with E-state index in [9.17, 15) is 0 Å². The highest BCUT2D eigenvalue weighted by atomic mass is 15.2. The molecular weight excluding hydrogens is 244 g/mol. The molecule has 0 spiro atoms. The van der Waals surface area contributed by atoms with Gasteiger partial charge in [0.1, 0.15) is 0 Å². The zero-order valence-electron chi connectivity index (χ0n) is 14.8. The lowest BCUT2D eigenvalue weighted by molar-refractivity contribution is 0.0728. The number of hydrogen-bond donors (Lipinski definition) is 1. The fourth-order valence-corrected chi connectivity index (χ4v) is 4.03. The Morgan fingerprint density at radius 1 is 1.25 bits per heavy atom. The molecule has 1 aliphatic rings. The second kappa shape index (κ2) is 8.38. The highest BCUT2D eigenvalue weighted by molar-refractivity contribution is 4.94. The van der Waals surface area contributed by atoms with Crippen molar-refractivity contribution in [1.82, 2.24) is 10.2 Å². The molecule has 1 fully saturated rings. The van der Waals surface area contributed by atoms with Gasteiger partial charge >= 0.3 is 0 Å². The summed E-state index contributed by atoms with van der Waals surface area (Å²) in [5.74, 6) is 0.813. The van der Waals surface area contributed by atoms with Crippen LogP contribution in [0.5, 0.6) is 0 Å². The lowest BCUT2D eigenvalue weighted by atomic mass is 9.67. The Hall–Kier alpha value is -0.0800. The normalized spacial score (nSPS) is 26.4. The van der Waals surface area contributed by atoms with Gasteiger partial charge in [0.15, 0.2) is 0 Å². The van der Waals surface area contributed by atoms with E-state index < -0.39 is 0 Å². The van der Waals surface area contributed by atoms with Crippen molar-refractivity contribution in [2.45, 2.75) is 85.2 Å². The first kappa shape index (κ1) is 18.0. The molecule has 20 heavy (non-hydrogen) atoms. The van der Waals surface area contributed by atoms with Crippen LogP contribution in [0.3, 0.4) is 0 Å². The molecule has 0 saturated heterocycles. The van der Waals surface area contributed by atoms with Gasteiger partial charge in [-0.05, 0) is 58.0 Å². The topological polar surface area (TPSA) is 15.3 Å². The smallest absolute Gasteiger partial charge is 0.0156 e. The van der Waals surface area contributed by atoms with Crippen LogP contribution in [0, 0.1) is 11.3 Å². The van der Waals surface area contributed by atoms with Gasteiger partial charge in [-0.15, -0.1) is 0 Å². The summed E-state index contributed by atoms with van der Waals surface area (Å²) in [7, 11) is 2.15. The highest BCUT2D eigenvalue weighted by Gasteiger charge is 2.38. The number of hydrogen-bond acceptors (Lipinski definition) is 2. The Morgan fingerprint density at radius 2 is 1.95 bits per heavy atom. The first-order valence-corrected chi connectivity index (χ1v) is 8.83. The van der Waals surface area contributed by atoms with Crippen LogP contribution in [0.4, 0.5) is 0 Å². The van der Waals surface area contributed by atoms with Crippen LogP contribution in [-0.4, -0.2) is 37.1 Å². The number of nitrogens with zero attached hydrogens (tertiary/aromatic N) is 1. The first-order chi connectivity index (χ1) is 9.42. The molecular formula is C18H38N2.